The molecule has 0 saturated carbocycles. The van der Waals surface area contributed by atoms with Crippen molar-refractivity contribution in [3.63, 3.8) is 0 Å². The molecule has 0 saturated heterocycles. The number of nitrogens with zero attached hydrogens (tertiary/aromatic N) is 3. The fourth-order valence-electron chi connectivity index (χ4n) is 1.82. The molecule has 118 valence electrons. The maximum atomic E-state index is 12.4. The van der Waals surface area contributed by atoms with Crippen LogP contribution in [0.3, 0.4) is 0 Å². The van der Waals surface area contributed by atoms with E-state index < -0.39 is 22.1 Å². The van der Waals surface area contributed by atoms with Gasteiger partial charge in [0, 0.05) is 21.0 Å². The quantitative estimate of drug-likeness (QED) is 0.836. The molecule has 1 aromatic heterocycles. The molecule has 1 amide bonds. The lowest BCUT2D eigenvalue weighted by atomic mass is 10.2. The zero-order chi connectivity index (χ0) is 16.7. The number of aromatic nitrogens is 2. The molecule has 1 aromatic carbocycles. The second-order valence-corrected chi connectivity index (χ2v) is 6.67. The summed E-state index contributed by atoms with van der Waals surface area (Å²) in [6.45, 7) is 1.22. The number of benzene rings is 1. The number of hydrogen-bond acceptors (Lipinski definition) is 5. The lowest BCUT2D eigenvalue weighted by Gasteiger charge is -2.15. The molecule has 0 aliphatic heterocycles. The summed E-state index contributed by atoms with van der Waals surface area (Å²) in [5.41, 5.74) is 0.283. The van der Waals surface area contributed by atoms with E-state index in [0.717, 1.165) is 8.28 Å². The predicted molar refractivity (Wildman–Crippen MR) is 79.0 cm³/mol. The topological polar surface area (TPSA) is 122 Å². The summed E-state index contributed by atoms with van der Waals surface area (Å²) in [6.07, 6.45) is 0. The van der Waals surface area contributed by atoms with Crippen molar-refractivity contribution in [2.45, 2.75) is 6.92 Å². The first-order chi connectivity index (χ1) is 10.1. The Kier molecular flexibility index (Phi) is 3.90. The Balaban J connectivity index is 2.81. The first-order valence-electron chi connectivity index (χ1n) is 6.11. The van der Waals surface area contributed by atoms with Crippen LogP contribution < -0.4 is 5.32 Å². The molecule has 0 radical (unpaired) electrons. The number of imidazole rings is 1. The van der Waals surface area contributed by atoms with Crippen molar-refractivity contribution in [2.75, 3.05) is 19.4 Å². The second-order valence-electron chi connectivity index (χ2n) is 4.68. The van der Waals surface area contributed by atoms with Gasteiger partial charge < -0.3 is 5.11 Å². The molecule has 2 rings (SSSR count). The number of amides is 1. The highest BCUT2D eigenvalue weighted by atomic mass is 32.2. The van der Waals surface area contributed by atoms with E-state index in [9.17, 15) is 18.0 Å². The van der Waals surface area contributed by atoms with E-state index in [1.54, 1.807) is 0 Å². The van der Waals surface area contributed by atoms with Crippen LogP contribution in [0.5, 0.6) is 0 Å². The first kappa shape index (κ1) is 15.9. The largest absolute Gasteiger partial charge is 0.478 e. The van der Waals surface area contributed by atoms with Crippen LogP contribution in [0, 0.1) is 0 Å². The smallest absolute Gasteiger partial charge is 0.335 e. The number of carboxylic acids is 1. The third kappa shape index (κ3) is 2.65. The van der Waals surface area contributed by atoms with Crippen LogP contribution in [-0.4, -0.2) is 52.8 Å². The summed E-state index contributed by atoms with van der Waals surface area (Å²) >= 11 is 0. The Hall–Kier alpha value is -2.46. The number of carboxylic acid groups (broad SMARTS) is 1. The molecule has 0 aliphatic carbocycles. The maximum absolute atomic E-state index is 12.4. The van der Waals surface area contributed by atoms with Crippen LogP contribution in [0.2, 0.25) is 0 Å². The summed E-state index contributed by atoms with van der Waals surface area (Å²) in [7, 11) is -1.27. The summed E-state index contributed by atoms with van der Waals surface area (Å²) in [5, 5.41) is 11.3. The molecular formula is C12H14N4O5S. The van der Waals surface area contributed by atoms with Gasteiger partial charge in [-0.2, -0.15) is 16.7 Å². The highest BCUT2D eigenvalue weighted by molar-refractivity contribution is 7.87. The molecule has 10 heteroatoms. The Morgan fingerprint density at radius 1 is 1.32 bits per heavy atom. The minimum atomic E-state index is -3.94. The third-order valence-electron chi connectivity index (χ3n) is 2.84. The lowest BCUT2D eigenvalue weighted by molar-refractivity contribution is -0.114. The Labute approximate surface area is 126 Å². The van der Waals surface area contributed by atoms with Gasteiger partial charge in [0.05, 0.1) is 16.6 Å². The van der Waals surface area contributed by atoms with E-state index in [1.807, 2.05) is 0 Å². The van der Waals surface area contributed by atoms with Crippen LogP contribution in [0.25, 0.3) is 11.0 Å². The van der Waals surface area contributed by atoms with Gasteiger partial charge in [0.15, 0.2) is 0 Å². The third-order valence-corrected chi connectivity index (χ3v) is 4.59. The molecular weight excluding hydrogens is 312 g/mol. The van der Waals surface area contributed by atoms with Crippen molar-refractivity contribution < 1.29 is 23.1 Å². The Morgan fingerprint density at radius 3 is 2.45 bits per heavy atom. The number of rotatable bonds is 4. The van der Waals surface area contributed by atoms with Crippen LogP contribution in [0.4, 0.5) is 5.95 Å². The van der Waals surface area contributed by atoms with Crippen LogP contribution in [0.15, 0.2) is 18.2 Å². The van der Waals surface area contributed by atoms with E-state index in [4.69, 9.17) is 5.11 Å². The van der Waals surface area contributed by atoms with Gasteiger partial charge in [0.1, 0.15) is 0 Å². The van der Waals surface area contributed by atoms with E-state index >= 15 is 0 Å². The zero-order valence-electron chi connectivity index (χ0n) is 12.1. The van der Waals surface area contributed by atoms with E-state index in [2.05, 4.69) is 10.3 Å². The second kappa shape index (κ2) is 5.39. The summed E-state index contributed by atoms with van der Waals surface area (Å²) in [4.78, 5) is 26.2. The molecule has 0 unspecified atom stereocenters. The van der Waals surface area contributed by atoms with E-state index in [1.165, 1.54) is 39.2 Å². The minimum Gasteiger partial charge on any atom is -0.478 e. The summed E-state index contributed by atoms with van der Waals surface area (Å²) < 4.78 is 26.6. The summed E-state index contributed by atoms with van der Waals surface area (Å²) in [5.74, 6) is -1.85. The molecule has 2 aromatic rings. The lowest BCUT2D eigenvalue weighted by Crippen LogP contribution is -2.30. The number of aromatic carboxylic acids is 1. The molecule has 0 aliphatic rings. The molecule has 1 heterocycles. The molecule has 9 nitrogen and oxygen atoms in total. The number of fused-ring (bicyclic) bond motifs is 1. The van der Waals surface area contributed by atoms with Crippen molar-refractivity contribution in [3.05, 3.63) is 23.8 Å². The van der Waals surface area contributed by atoms with Gasteiger partial charge in [0.25, 0.3) is 0 Å². The Morgan fingerprint density at radius 2 is 1.95 bits per heavy atom. The van der Waals surface area contributed by atoms with E-state index in [-0.39, 0.29) is 22.5 Å². The van der Waals surface area contributed by atoms with Crippen molar-refractivity contribution in [3.8, 4) is 0 Å². The normalized spacial score (nSPS) is 11.8. The van der Waals surface area contributed by atoms with Gasteiger partial charge in [0.2, 0.25) is 11.9 Å². The first-order valence-corrected chi connectivity index (χ1v) is 7.50. The molecule has 2 N–H and O–H groups in total. The number of anilines is 1. The SMILES string of the molecule is CC(=O)Nc1nc2cc(C(=O)O)ccc2n1S(=O)(=O)N(C)C. The maximum Gasteiger partial charge on any atom is 0.335 e. The highest BCUT2D eigenvalue weighted by Gasteiger charge is 2.25. The predicted octanol–water partition coefficient (Wildman–Crippen LogP) is 0.347. The number of carbonyl (C=O) groups is 2. The fourth-order valence-corrected chi connectivity index (χ4v) is 2.86. The van der Waals surface area contributed by atoms with Crippen LogP contribution >= 0.6 is 0 Å². The van der Waals surface area contributed by atoms with Gasteiger partial charge in [-0.25, -0.2) is 9.78 Å². The monoisotopic (exact) mass is 326 g/mol. The van der Waals surface area contributed by atoms with E-state index in [0.29, 0.717) is 0 Å². The number of hydrogen-bond donors (Lipinski definition) is 2. The van der Waals surface area contributed by atoms with Crippen molar-refractivity contribution in [2.24, 2.45) is 0 Å². The number of nitrogens with one attached hydrogen (secondary N) is 1. The van der Waals surface area contributed by atoms with Gasteiger partial charge in [-0.05, 0) is 18.2 Å². The van der Waals surface area contributed by atoms with Crippen LogP contribution in [0.1, 0.15) is 17.3 Å². The van der Waals surface area contributed by atoms with Crippen molar-refractivity contribution >= 4 is 39.1 Å². The minimum absolute atomic E-state index is 0.0335. The van der Waals surface area contributed by atoms with Gasteiger partial charge in [-0.1, -0.05) is 0 Å². The highest BCUT2D eigenvalue weighted by Crippen LogP contribution is 2.24. The zero-order valence-corrected chi connectivity index (χ0v) is 12.9. The van der Waals surface area contributed by atoms with Gasteiger partial charge >= 0.3 is 16.2 Å². The average Bonchev–Trinajstić information content (AvgIpc) is 2.74. The van der Waals surface area contributed by atoms with Crippen molar-refractivity contribution in [1.29, 1.82) is 0 Å². The van der Waals surface area contributed by atoms with Gasteiger partial charge in [-0.3, -0.25) is 10.1 Å². The standard InChI is InChI=1S/C12H14N4O5S/c1-7(17)13-12-14-9-6-8(11(18)19)4-5-10(9)16(12)22(20,21)15(2)3/h4-6H,1-3H3,(H,18,19)(H,13,14,17). The van der Waals surface area contributed by atoms with Crippen molar-refractivity contribution in [1.82, 2.24) is 13.3 Å². The Bertz CT molecular complexity index is 869. The number of carbonyl (C=O) groups excluding carboxylic acids is 1. The summed E-state index contributed by atoms with van der Waals surface area (Å²) in [6, 6.07) is 3.84. The van der Waals surface area contributed by atoms with Crippen LogP contribution in [-0.2, 0) is 15.0 Å². The fraction of sp³-hybridized carbons (Fsp3) is 0.250. The molecule has 0 fully saturated rings. The average molecular weight is 326 g/mol. The molecule has 0 spiro atoms. The molecule has 22 heavy (non-hydrogen) atoms. The van der Waals surface area contributed by atoms with Gasteiger partial charge in [-0.15, -0.1) is 0 Å². The molecule has 0 atom stereocenters. The molecule has 0 bridgehead atoms.